The third kappa shape index (κ3) is 3.24. The van der Waals surface area contributed by atoms with Gasteiger partial charge < -0.3 is 10.1 Å². The molecule has 0 amide bonds. The summed E-state index contributed by atoms with van der Waals surface area (Å²) in [6, 6.07) is 9.40. The van der Waals surface area contributed by atoms with Gasteiger partial charge in [0.15, 0.2) is 0 Å². The van der Waals surface area contributed by atoms with Gasteiger partial charge in [0.25, 0.3) is 5.56 Å². The monoisotopic (exact) mass is 273 g/mol. The standard InChI is InChI=1S/C15H19N3O2/c1-11-8-15(19)18(10-17-11)9-14(16-2)12-4-6-13(20-3)7-5-12/h4-8,10,14,16H,9H2,1-3H3. The first-order valence-electron chi connectivity index (χ1n) is 6.48. The van der Waals surface area contributed by atoms with E-state index in [1.54, 1.807) is 24.1 Å². The van der Waals surface area contributed by atoms with Crippen molar-refractivity contribution in [1.29, 1.82) is 0 Å². The molecule has 0 saturated carbocycles. The topological polar surface area (TPSA) is 56.2 Å². The molecule has 0 aliphatic carbocycles. The fraction of sp³-hybridized carbons (Fsp3) is 0.333. The molecule has 1 aromatic heterocycles. The fourth-order valence-corrected chi connectivity index (χ4v) is 2.05. The number of nitrogens with one attached hydrogen (secondary N) is 1. The van der Waals surface area contributed by atoms with Crippen molar-refractivity contribution in [3.63, 3.8) is 0 Å². The molecule has 0 fully saturated rings. The lowest BCUT2D eigenvalue weighted by Crippen LogP contribution is -2.28. The minimum atomic E-state index is -0.0359. The van der Waals surface area contributed by atoms with Crippen LogP contribution in [0.3, 0.4) is 0 Å². The van der Waals surface area contributed by atoms with Crippen LogP contribution < -0.4 is 15.6 Å². The summed E-state index contributed by atoms with van der Waals surface area (Å²) >= 11 is 0. The van der Waals surface area contributed by atoms with E-state index in [4.69, 9.17) is 4.74 Å². The molecule has 5 nitrogen and oxygen atoms in total. The van der Waals surface area contributed by atoms with Gasteiger partial charge in [0.2, 0.25) is 0 Å². The number of aryl methyl sites for hydroxylation is 1. The second-order valence-corrected chi connectivity index (χ2v) is 4.64. The van der Waals surface area contributed by atoms with Crippen LogP contribution in [0.5, 0.6) is 5.75 Å². The highest BCUT2D eigenvalue weighted by Gasteiger charge is 2.11. The van der Waals surface area contributed by atoms with Crippen LogP contribution in [-0.2, 0) is 6.54 Å². The number of aromatic nitrogens is 2. The molecule has 1 atom stereocenters. The molecule has 1 aromatic carbocycles. The van der Waals surface area contributed by atoms with Crippen LogP contribution in [-0.4, -0.2) is 23.7 Å². The second kappa shape index (κ2) is 6.34. The van der Waals surface area contributed by atoms with E-state index in [1.165, 1.54) is 0 Å². The summed E-state index contributed by atoms with van der Waals surface area (Å²) in [5.74, 6) is 0.817. The summed E-state index contributed by atoms with van der Waals surface area (Å²) in [4.78, 5) is 16.1. The Labute approximate surface area is 118 Å². The van der Waals surface area contributed by atoms with Gasteiger partial charge in [0.05, 0.1) is 19.5 Å². The third-order valence-corrected chi connectivity index (χ3v) is 3.26. The van der Waals surface area contributed by atoms with Crippen molar-refractivity contribution in [2.45, 2.75) is 19.5 Å². The number of benzene rings is 1. The zero-order valence-electron chi connectivity index (χ0n) is 12.0. The summed E-state index contributed by atoms with van der Waals surface area (Å²) in [6.07, 6.45) is 1.59. The Balaban J connectivity index is 2.21. The molecule has 2 rings (SSSR count). The largest absolute Gasteiger partial charge is 0.497 e. The van der Waals surface area contributed by atoms with Crippen LogP contribution in [0, 0.1) is 6.92 Å². The zero-order valence-corrected chi connectivity index (χ0v) is 12.0. The fourth-order valence-electron chi connectivity index (χ4n) is 2.05. The van der Waals surface area contributed by atoms with Crippen LogP contribution in [0.15, 0.2) is 41.5 Å². The van der Waals surface area contributed by atoms with E-state index in [-0.39, 0.29) is 11.6 Å². The molecule has 2 aromatic rings. The lowest BCUT2D eigenvalue weighted by Gasteiger charge is -2.18. The van der Waals surface area contributed by atoms with E-state index in [0.29, 0.717) is 6.54 Å². The molecule has 1 N–H and O–H groups in total. The van der Waals surface area contributed by atoms with Crippen LogP contribution in [0.2, 0.25) is 0 Å². The molecule has 1 heterocycles. The van der Waals surface area contributed by atoms with E-state index in [9.17, 15) is 4.79 Å². The van der Waals surface area contributed by atoms with Crippen LogP contribution >= 0.6 is 0 Å². The average Bonchev–Trinajstić information content (AvgIpc) is 2.47. The van der Waals surface area contributed by atoms with Crippen LogP contribution in [0.4, 0.5) is 0 Å². The summed E-state index contributed by atoms with van der Waals surface area (Å²) < 4.78 is 6.76. The maximum absolute atomic E-state index is 11.9. The van der Waals surface area contributed by atoms with Crippen LogP contribution in [0.1, 0.15) is 17.3 Å². The van der Waals surface area contributed by atoms with E-state index >= 15 is 0 Å². The van der Waals surface area contributed by atoms with Gasteiger partial charge in [-0.3, -0.25) is 9.36 Å². The SMILES string of the molecule is CNC(Cn1cnc(C)cc1=O)c1ccc(OC)cc1. The summed E-state index contributed by atoms with van der Waals surface area (Å²) in [6.45, 7) is 2.35. The number of likely N-dealkylation sites (N-methyl/N-ethyl adjacent to an activating group) is 1. The number of hydrogen-bond donors (Lipinski definition) is 1. The Hall–Kier alpha value is -2.14. The number of nitrogens with zero attached hydrogens (tertiary/aromatic N) is 2. The van der Waals surface area contributed by atoms with Crippen molar-refractivity contribution < 1.29 is 4.74 Å². The summed E-state index contributed by atoms with van der Waals surface area (Å²) in [5, 5.41) is 3.22. The molecular weight excluding hydrogens is 254 g/mol. The lowest BCUT2D eigenvalue weighted by molar-refractivity contribution is 0.414. The molecular formula is C15H19N3O2. The van der Waals surface area contributed by atoms with Gasteiger partial charge in [-0.25, -0.2) is 4.98 Å². The molecule has 106 valence electrons. The predicted molar refractivity (Wildman–Crippen MR) is 78.0 cm³/mol. The van der Waals surface area contributed by atoms with E-state index in [1.807, 2.05) is 38.2 Å². The van der Waals surface area contributed by atoms with Gasteiger partial charge in [-0.15, -0.1) is 0 Å². The van der Waals surface area contributed by atoms with Crippen LogP contribution in [0.25, 0.3) is 0 Å². The molecule has 20 heavy (non-hydrogen) atoms. The molecule has 1 unspecified atom stereocenters. The Morgan fingerprint density at radius 1 is 1.35 bits per heavy atom. The molecule has 0 spiro atoms. The minimum absolute atomic E-state index is 0.0359. The Bertz CT molecular complexity index is 620. The Kier molecular flexibility index (Phi) is 4.53. The van der Waals surface area contributed by atoms with Crippen molar-refractivity contribution >= 4 is 0 Å². The van der Waals surface area contributed by atoms with E-state index < -0.39 is 0 Å². The first-order chi connectivity index (χ1) is 9.63. The Morgan fingerprint density at radius 3 is 2.60 bits per heavy atom. The normalized spacial score (nSPS) is 12.2. The first-order valence-corrected chi connectivity index (χ1v) is 6.48. The molecule has 0 bridgehead atoms. The van der Waals surface area contributed by atoms with E-state index in [0.717, 1.165) is 17.0 Å². The highest BCUT2D eigenvalue weighted by atomic mass is 16.5. The zero-order chi connectivity index (χ0) is 14.5. The van der Waals surface area contributed by atoms with Gasteiger partial charge in [-0.05, 0) is 31.7 Å². The third-order valence-electron chi connectivity index (χ3n) is 3.26. The number of methoxy groups -OCH3 is 1. The van der Waals surface area contributed by atoms with Gasteiger partial charge in [0.1, 0.15) is 5.75 Å². The molecule has 0 saturated heterocycles. The van der Waals surface area contributed by atoms with Crippen molar-refractivity contribution in [1.82, 2.24) is 14.9 Å². The quantitative estimate of drug-likeness (QED) is 0.897. The van der Waals surface area contributed by atoms with Gasteiger partial charge in [-0.1, -0.05) is 12.1 Å². The highest BCUT2D eigenvalue weighted by molar-refractivity contribution is 5.29. The van der Waals surface area contributed by atoms with Crippen molar-refractivity contribution in [2.75, 3.05) is 14.2 Å². The molecule has 0 radical (unpaired) electrons. The smallest absolute Gasteiger partial charge is 0.253 e. The predicted octanol–water partition coefficient (Wildman–Crippen LogP) is 1.52. The summed E-state index contributed by atoms with van der Waals surface area (Å²) in [7, 11) is 3.52. The van der Waals surface area contributed by atoms with Crippen molar-refractivity contribution in [3.05, 3.63) is 58.3 Å². The maximum Gasteiger partial charge on any atom is 0.253 e. The maximum atomic E-state index is 11.9. The van der Waals surface area contributed by atoms with Crippen molar-refractivity contribution in [2.24, 2.45) is 0 Å². The molecule has 5 heteroatoms. The summed E-state index contributed by atoms with van der Waals surface area (Å²) in [5.41, 5.74) is 1.80. The molecule has 0 aliphatic heterocycles. The number of hydrogen-bond acceptors (Lipinski definition) is 4. The van der Waals surface area contributed by atoms with Gasteiger partial charge >= 0.3 is 0 Å². The lowest BCUT2D eigenvalue weighted by atomic mass is 10.1. The second-order valence-electron chi connectivity index (χ2n) is 4.64. The molecule has 0 aliphatic rings. The van der Waals surface area contributed by atoms with Gasteiger partial charge in [0, 0.05) is 18.3 Å². The average molecular weight is 273 g/mol. The van der Waals surface area contributed by atoms with Gasteiger partial charge in [-0.2, -0.15) is 0 Å². The van der Waals surface area contributed by atoms with Crippen molar-refractivity contribution in [3.8, 4) is 5.75 Å². The number of ether oxygens (including phenoxy) is 1. The number of rotatable bonds is 5. The first kappa shape index (κ1) is 14.3. The van der Waals surface area contributed by atoms with E-state index in [2.05, 4.69) is 10.3 Å². The highest BCUT2D eigenvalue weighted by Crippen LogP contribution is 2.18. The minimum Gasteiger partial charge on any atom is -0.497 e. The Morgan fingerprint density at radius 2 is 2.05 bits per heavy atom.